The van der Waals surface area contributed by atoms with Crippen LogP contribution in [0.25, 0.3) is 0 Å². The second-order valence-electron chi connectivity index (χ2n) is 7.65. The fraction of sp³-hybridized carbons (Fsp3) is 0.107. The van der Waals surface area contributed by atoms with Crippen molar-refractivity contribution < 1.29 is 26.5 Å². The lowest BCUT2D eigenvalue weighted by Gasteiger charge is -2.26. The second kappa shape index (κ2) is 10.7. The van der Waals surface area contributed by atoms with Crippen molar-refractivity contribution in [3.05, 3.63) is 120 Å². The summed E-state index contributed by atoms with van der Waals surface area (Å²) >= 11 is 0. The maximum Gasteiger partial charge on any atom is 0.350 e. The predicted molar refractivity (Wildman–Crippen MR) is 132 cm³/mol. The molecule has 0 amide bonds. The van der Waals surface area contributed by atoms with Gasteiger partial charge < -0.3 is 21.7 Å². The number of ether oxygens (including phenoxy) is 1. The Morgan fingerprint density at radius 3 is 1.53 bits per heavy atom. The van der Waals surface area contributed by atoms with Gasteiger partial charge in [-0.05, 0) is 67.4 Å². The molecule has 0 saturated carbocycles. The fourth-order valence-electron chi connectivity index (χ4n) is 3.95. The van der Waals surface area contributed by atoms with Gasteiger partial charge in [0, 0.05) is 0 Å². The lowest BCUT2D eigenvalue weighted by molar-refractivity contribution is -0.131. The summed E-state index contributed by atoms with van der Waals surface area (Å²) in [4.78, 5) is 13.4. The fourth-order valence-corrected chi connectivity index (χ4v) is 7.89. The van der Waals surface area contributed by atoms with Crippen LogP contribution in [0, 0.1) is 13.8 Å². The molecule has 0 heterocycles. The summed E-state index contributed by atoms with van der Waals surface area (Å²) in [5.74, 6) is 0.427. The Morgan fingerprint density at radius 2 is 1.09 bits per heavy atom. The van der Waals surface area contributed by atoms with E-state index in [2.05, 4.69) is 36.4 Å². The van der Waals surface area contributed by atoms with Crippen LogP contribution in [0.1, 0.15) is 11.1 Å². The van der Waals surface area contributed by atoms with Crippen molar-refractivity contribution in [1.82, 2.24) is 0 Å². The highest BCUT2D eigenvalue weighted by Gasteiger charge is 2.47. The second-order valence-corrected chi connectivity index (χ2v) is 11.1. The minimum Gasteiger partial charge on any atom is -1.00 e. The third-order valence-electron chi connectivity index (χ3n) is 5.74. The monoisotopic (exact) mass is 504 g/mol. The predicted octanol–water partition coefficient (Wildman–Crippen LogP) is 2.21. The molecule has 0 unspecified atom stereocenters. The zero-order valence-corrected chi connectivity index (χ0v) is 20.7. The van der Waals surface area contributed by atoms with Gasteiger partial charge in [-0.2, -0.15) is 0 Å². The summed E-state index contributed by atoms with van der Waals surface area (Å²) in [5, 5.41) is 3.51. The van der Waals surface area contributed by atoms with Crippen LogP contribution in [0.2, 0.25) is 0 Å². The zero-order valence-electron chi connectivity index (χ0n) is 18.2. The van der Waals surface area contributed by atoms with Crippen LogP contribution in [0.3, 0.4) is 0 Å². The molecule has 0 bridgehead atoms. The van der Waals surface area contributed by atoms with Crippen LogP contribution >= 0.6 is 7.26 Å². The van der Waals surface area contributed by atoms with E-state index in [1.165, 1.54) is 15.9 Å². The van der Waals surface area contributed by atoms with Gasteiger partial charge >= 0.3 is 5.97 Å². The van der Waals surface area contributed by atoms with E-state index in [1.54, 1.807) is 0 Å². The molecule has 4 heteroatoms. The van der Waals surface area contributed by atoms with Crippen molar-refractivity contribution in [2.75, 3.05) is 6.16 Å². The number of hydrogen-bond donors (Lipinski definition) is 0. The van der Waals surface area contributed by atoms with E-state index < -0.39 is 7.26 Å². The maximum absolute atomic E-state index is 13.4. The lowest BCUT2D eigenvalue weighted by atomic mass is 10.1. The first-order valence-electron chi connectivity index (χ1n) is 10.4. The molecule has 32 heavy (non-hydrogen) atoms. The molecule has 4 aromatic rings. The van der Waals surface area contributed by atoms with Crippen molar-refractivity contribution in [1.29, 1.82) is 0 Å². The van der Waals surface area contributed by atoms with E-state index in [1.807, 2.05) is 86.6 Å². The number of aryl methyl sites for hydroxylation is 1. The van der Waals surface area contributed by atoms with Gasteiger partial charge in [0.1, 0.15) is 28.9 Å². The number of benzene rings is 4. The summed E-state index contributed by atoms with van der Waals surface area (Å²) in [7, 11) is -2.25. The van der Waals surface area contributed by atoms with Crippen LogP contribution < -0.4 is 37.6 Å². The molecule has 0 aromatic heterocycles. The number of carbonyl (C=O) groups is 1. The summed E-state index contributed by atoms with van der Waals surface area (Å²) in [6.07, 6.45) is 0.304. The molecular weight excluding hydrogens is 479 g/mol. The molecule has 2 nitrogen and oxygen atoms in total. The largest absolute Gasteiger partial charge is 1.00 e. The molecule has 0 aliphatic carbocycles. The van der Waals surface area contributed by atoms with Gasteiger partial charge in [0.25, 0.3) is 0 Å². The van der Waals surface area contributed by atoms with E-state index >= 15 is 0 Å². The zero-order chi connectivity index (χ0) is 21.7. The number of rotatable bonds is 6. The van der Waals surface area contributed by atoms with E-state index in [-0.39, 0.29) is 23.0 Å². The van der Waals surface area contributed by atoms with E-state index in [0.29, 0.717) is 11.9 Å². The SMILES string of the molecule is Cc1cccc(OC(=O)C[P+](c2ccccc2)(c2ccccc2)c2ccccc2)c1C.[Br-]. The van der Waals surface area contributed by atoms with Crippen LogP contribution in [0.5, 0.6) is 5.75 Å². The summed E-state index contributed by atoms with van der Waals surface area (Å²) in [6, 6.07) is 37.0. The van der Waals surface area contributed by atoms with Gasteiger partial charge in [-0.15, -0.1) is 0 Å². The van der Waals surface area contributed by atoms with Crippen molar-refractivity contribution in [2.45, 2.75) is 13.8 Å². The first kappa shape index (κ1) is 23.9. The van der Waals surface area contributed by atoms with Gasteiger partial charge in [0.2, 0.25) is 0 Å². The normalized spacial score (nSPS) is 10.8. The standard InChI is InChI=1S/C28H26O2P.BrH/c1-22-13-12-20-27(23(22)2)30-28(29)21-31(24-14-6-3-7-15-24,25-16-8-4-9-17-25)26-18-10-5-11-19-26;/h3-20H,21H2,1-2H3;1H/q+1;/p-1. The molecule has 0 aliphatic rings. The van der Waals surface area contributed by atoms with Gasteiger partial charge in [-0.25, -0.2) is 4.79 Å². The molecule has 0 N–H and O–H groups in total. The summed E-state index contributed by atoms with van der Waals surface area (Å²) in [5.41, 5.74) is 2.11. The minimum absolute atomic E-state index is 0. The Balaban J connectivity index is 0.00000289. The van der Waals surface area contributed by atoms with Gasteiger partial charge in [-0.3, -0.25) is 0 Å². The minimum atomic E-state index is -2.25. The molecule has 0 fully saturated rings. The van der Waals surface area contributed by atoms with Crippen LogP contribution in [-0.4, -0.2) is 12.1 Å². The highest BCUT2D eigenvalue weighted by molar-refractivity contribution is 7.96. The average molecular weight is 505 g/mol. The quantitative estimate of drug-likeness (QED) is 0.228. The molecule has 0 aliphatic heterocycles. The molecule has 0 saturated heterocycles. The molecule has 162 valence electrons. The summed E-state index contributed by atoms with van der Waals surface area (Å²) < 4.78 is 5.93. The van der Waals surface area contributed by atoms with Crippen molar-refractivity contribution in [3.8, 4) is 5.75 Å². The Bertz CT molecular complexity index is 1070. The Hall–Kier alpha value is -2.74. The van der Waals surface area contributed by atoms with Crippen LogP contribution in [0.4, 0.5) is 0 Å². The molecular formula is C28H26BrO2P. The van der Waals surface area contributed by atoms with Crippen LogP contribution in [-0.2, 0) is 4.79 Å². The van der Waals surface area contributed by atoms with E-state index in [0.717, 1.165) is 11.1 Å². The third-order valence-corrected chi connectivity index (χ3v) is 10.0. The molecule has 4 aromatic carbocycles. The Kier molecular flexibility index (Phi) is 8.01. The lowest BCUT2D eigenvalue weighted by Crippen LogP contribution is -3.00. The van der Waals surface area contributed by atoms with E-state index in [9.17, 15) is 4.79 Å². The Morgan fingerprint density at radius 1 is 0.656 bits per heavy atom. The van der Waals surface area contributed by atoms with Gasteiger partial charge in [0.05, 0.1) is 0 Å². The first-order chi connectivity index (χ1) is 15.1. The highest BCUT2D eigenvalue weighted by atomic mass is 79.9. The Labute approximate surface area is 201 Å². The maximum atomic E-state index is 13.4. The molecule has 0 spiro atoms. The topological polar surface area (TPSA) is 26.3 Å². The summed E-state index contributed by atoms with van der Waals surface area (Å²) in [6.45, 7) is 4.02. The van der Waals surface area contributed by atoms with E-state index in [4.69, 9.17) is 4.74 Å². The third kappa shape index (κ3) is 4.85. The van der Waals surface area contributed by atoms with Crippen molar-refractivity contribution >= 4 is 29.1 Å². The number of carbonyl (C=O) groups excluding carboxylic acids is 1. The first-order valence-corrected chi connectivity index (χ1v) is 12.4. The van der Waals surface area contributed by atoms with Crippen molar-refractivity contribution in [2.24, 2.45) is 0 Å². The van der Waals surface area contributed by atoms with Gasteiger partial charge in [0.15, 0.2) is 6.16 Å². The highest BCUT2D eigenvalue weighted by Crippen LogP contribution is 2.55. The van der Waals surface area contributed by atoms with Crippen LogP contribution in [0.15, 0.2) is 109 Å². The average Bonchev–Trinajstić information content (AvgIpc) is 2.82. The van der Waals surface area contributed by atoms with Crippen molar-refractivity contribution in [3.63, 3.8) is 0 Å². The van der Waals surface area contributed by atoms with Gasteiger partial charge in [-0.1, -0.05) is 66.7 Å². The number of halogens is 1. The number of esters is 1. The molecule has 4 rings (SSSR count). The smallest absolute Gasteiger partial charge is 0.350 e. The molecule has 0 radical (unpaired) electrons. The number of hydrogen-bond acceptors (Lipinski definition) is 2. The molecule has 0 atom stereocenters.